The normalized spacial score (nSPS) is 11.3. The molecule has 0 aromatic heterocycles. The molecule has 1 aromatic rings. The Kier molecular flexibility index (Phi) is 4.99. The average molecular weight is 272 g/mol. The maximum absolute atomic E-state index is 11.1. The summed E-state index contributed by atoms with van der Waals surface area (Å²) in [5, 5.41) is 21.4. The molecule has 0 saturated heterocycles. The van der Waals surface area contributed by atoms with E-state index in [-0.39, 0.29) is 22.6 Å². The second-order valence-electron chi connectivity index (χ2n) is 4.96. The topological polar surface area (TPSA) is 69.6 Å². The van der Waals surface area contributed by atoms with Crippen LogP contribution in [0.15, 0.2) is 18.2 Å². The molecule has 3 N–H and O–H groups in total. The second-order valence-corrected chi connectivity index (χ2v) is 5.37. The number of aliphatic hydroxyl groups is 1. The van der Waals surface area contributed by atoms with Gasteiger partial charge in [-0.15, -0.1) is 0 Å². The minimum Gasteiger partial charge on any atom is -0.478 e. The van der Waals surface area contributed by atoms with Crippen LogP contribution in [0.4, 0.5) is 5.69 Å². The third-order valence-electron chi connectivity index (χ3n) is 2.77. The lowest BCUT2D eigenvalue weighted by atomic mass is 9.89. The highest BCUT2D eigenvalue weighted by Crippen LogP contribution is 2.26. The van der Waals surface area contributed by atoms with E-state index in [1.165, 1.54) is 0 Å². The standard InChI is InChI=1S/C13H18ClNO3/c1-13(2,6-7-16)8-15-10-5-3-4-9(14)11(10)12(17)18/h3-5,15-16H,6-8H2,1-2H3,(H,17,18). The Labute approximate surface area is 112 Å². The first-order valence-corrected chi connectivity index (χ1v) is 6.12. The monoisotopic (exact) mass is 271 g/mol. The van der Waals surface area contributed by atoms with Gasteiger partial charge >= 0.3 is 5.97 Å². The summed E-state index contributed by atoms with van der Waals surface area (Å²) >= 11 is 5.87. The van der Waals surface area contributed by atoms with Crippen molar-refractivity contribution in [3.63, 3.8) is 0 Å². The summed E-state index contributed by atoms with van der Waals surface area (Å²) in [7, 11) is 0. The number of nitrogens with one attached hydrogen (secondary N) is 1. The molecule has 1 aromatic carbocycles. The van der Waals surface area contributed by atoms with E-state index in [9.17, 15) is 4.79 Å². The third kappa shape index (κ3) is 3.89. The number of carboxylic acids is 1. The van der Waals surface area contributed by atoms with Gasteiger partial charge in [-0.3, -0.25) is 0 Å². The van der Waals surface area contributed by atoms with Crippen LogP contribution < -0.4 is 5.32 Å². The number of hydrogen-bond acceptors (Lipinski definition) is 3. The lowest BCUT2D eigenvalue weighted by Crippen LogP contribution is -2.25. The summed E-state index contributed by atoms with van der Waals surface area (Å²) in [6, 6.07) is 4.94. The van der Waals surface area contributed by atoms with Gasteiger partial charge in [0.2, 0.25) is 0 Å². The van der Waals surface area contributed by atoms with Crippen LogP contribution in [0.5, 0.6) is 0 Å². The molecule has 0 aliphatic heterocycles. The summed E-state index contributed by atoms with van der Waals surface area (Å²) in [6.07, 6.45) is 0.642. The molecule has 1 rings (SSSR count). The van der Waals surface area contributed by atoms with Gasteiger partial charge in [0, 0.05) is 13.2 Å². The second kappa shape index (κ2) is 6.07. The molecule has 0 saturated carbocycles. The number of carbonyl (C=O) groups is 1. The Morgan fingerprint density at radius 3 is 2.67 bits per heavy atom. The van der Waals surface area contributed by atoms with Crippen LogP contribution in [0.1, 0.15) is 30.6 Å². The molecule has 100 valence electrons. The maximum Gasteiger partial charge on any atom is 0.339 e. The van der Waals surface area contributed by atoms with Crippen LogP contribution in [-0.4, -0.2) is 29.3 Å². The number of halogens is 1. The van der Waals surface area contributed by atoms with Gasteiger partial charge in [-0.1, -0.05) is 31.5 Å². The fourth-order valence-electron chi connectivity index (χ4n) is 1.61. The summed E-state index contributed by atoms with van der Waals surface area (Å²) in [5.74, 6) is -1.05. The predicted octanol–water partition coefficient (Wildman–Crippen LogP) is 2.86. The summed E-state index contributed by atoms with van der Waals surface area (Å²) < 4.78 is 0. The number of benzene rings is 1. The number of hydrogen-bond donors (Lipinski definition) is 3. The molecular weight excluding hydrogens is 254 g/mol. The van der Waals surface area contributed by atoms with Crippen molar-refractivity contribution in [2.75, 3.05) is 18.5 Å². The SMILES string of the molecule is CC(C)(CCO)CNc1cccc(Cl)c1C(=O)O. The van der Waals surface area contributed by atoms with Crippen molar-refractivity contribution in [2.24, 2.45) is 5.41 Å². The van der Waals surface area contributed by atoms with Gasteiger partial charge in [-0.05, 0) is 24.0 Å². The maximum atomic E-state index is 11.1. The van der Waals surface area contributed by atoms with E-state index < -0.39 is 5.97 Å². The quantitative estimate of drug-likeness (QED) is 0.744. The van der Waals surface area contributed by atoms with Crippen molar-refractivity contribution in [1.82, 2.24) is 0 Å². The first-order chi connectivity index (χ1) is 8.37. The molecule has 0 aliphatic rings. The number of rotatable bonds is 6. The molecule has 0 unspecified atom stereocenters. The van der Waals surface area contributed by atoms with Crippen LogP contribution in [0.2, 0.25) is 5.02 Å². The first-order valence-electron chi connectivity index (χ1n) is 5.74. The van der Waals surface area contributed by atoms with Gasteiger partial charge in [0.15, 0.2) is 0 Å². The Bertz CT molecular complexity index is 432. The van der Waals surface area contributed by atoms with E-state index in [0.717, 1.165) is 0 Å². The van der Waals surface area contributed by atoms with E-state index in [1.807, 2.05) is 13.8 Å². The van der Waals surface area contributed by atoms with Gasteiger partial charge in [0.05, 0.1) is 10.7 Å². The lowest BCUT2D eigenvalue weighted by molar-refractivity contribution is 0.0698. The number of anilines is 1. The molecule has 0 bridgehead atoms. The Morgan fingerprint density at radius 1 is 1.44 bits per heavy atom. The van der Waals surface area contributed by atoms with E-state index in [4.69, 9.17) is 21.8 Å². The van der Waals surface area contributed by atoms with Crippen molar-refractivity contribution < 1.29 is 15.0 Å². The zero-order valence-electron chi connectivity index (χ0n) is 10.5. The average Bonchev–Trinajstić information content (AvgIpc) is 2.26. The van der Waals surface area contributed by atoms with E-state index >= 15 is 0 Å². The van der Waals surface area contributed by atoms with Crippen molar-refractivity contribution in [3.8, 4) is 0 Å². The van der Waals surface area contributed by atoms with Crippen LogP contribution in [-0.2, 0) is 0 Å². The molecule has 0 fully saturated rings. The van der Waals surface area contributed by atoms with Crippen molar-refractivity contribution in [2.45, 2.75) is 20.3 Å². The molecule has 5 heteroatoms. The molecule has 4 nitrogen and oxygen atoms in total. The Hall–Kier alpha value is -1.26. The van der Waals surface area contributed by atoms with Crippen LogP contribution >= 0.6 is 11.6 Å². The number of aromatic carboxylic acids is 1. The highest BCUT2D eigenvalue weighted by molar-refractivity contribution is 6.34. The molecule has 18 heavy (non-hydrogen) atoms. The van der Waals surface area contributed by atoms with Crippen molar-refractivity contribution in [3.05, 3.63) is 28.8 Å². The number of carboxylic acid groups (broad SMARTS) is 1. The van der Waals surface area contributed by atoms with E-state index in [1.54, 1.807) is 18.2 Å². The lowest BCUT2D eigenvalue weighted by Gasteiger charge is -2.25. The highest BCUT2D eigenvalue weighted by Gasteiger charge is 2.19. The van der Waals surface area contributed by atoms with Gasteiger partial charge in [0.1, 0.15) is 5.56 Å². The van der Waals surface area contributed by atoms with Crippen LogP contribution in [0.3, 0.4) is 0 Å². The van der Waals surface area contributed by atoms with Crippen molar-refractivity contribution >= 4 is 23.3 Å². The third-order valence-corrected chi connectivity index (χ3v) is 3.09. The Morgan fingerprint density at radius 2 is 2.11 bits per heavy atom. The molecule has 0 spiro atoms. The zero-order valence-corrected chi connectivity index (χ0v) is 11.3. The van der Waals surface area contributed by atoms with Gasteiger partial charge in [0.25, 0.3) is 0 Å². The summed E-state index contributed by atoms with van der Waals surface area (Å²) in [5.41, 5.74) is 0.465. The summed E-state index contributed by atoms with van der Waals surface area (Å²) in [6.45, 7) is 4.67. The van der Waals surface area contributed by atoms with Crippen LogP contribution in [0.25, 0.3) is 0 Å². The minimum absolute atomic E-state index is 0.0824. The fourth-order valence-corrected chi connectivity index (χ4v) is 1.87. The molecule has 0 heterocycles. The fraction of sp³-hybridized carbons (Fsp3) is 0.462. The molecule has 0 atom stereocenters. The van der Waals surface area contributed by atoms with Gasteiger partial charge in [-0.25, -0.2) is 4.79 Å². The number of aliphatic hydroxyl groups excluding tert-OH is 1. The van der Waals surface area contributed by atoms with Crippen molar-refractivity contribution in [1.29, 1.82) is 0 Å². The van der Waals surface area contributed by atoms with Crippen LogP contribution in [0, 0.1) is 5.41 Å². The van der Waals surface area contributed by atoms with E-state index in [2.05, 4.69) is 5.32 Å². The molecule has 0 radical (unpaired) electrons. The van der Waals surface area contributed by atoms with Gasteiger partial charge < -0.3 is 15.5 Å². The van der Waals surface area contributed by atoms with E-state index in [0.29, 0.717) is 18.7 Å². The Balaban J connectivity index is 2.85. The summed E-state index contributed by atoms with van der Waals surface area (Å²) in [4.78, 5) is 11.1. The first kappa shape index (κ1) is 14.8. The predicted molar refractivity (Wildman–Crippen MR) is 72.4 cm³/mol. The largest absolute Gasteiger partial charge is 0.478 e. The molecular formula is C13H18ClNO3. The van der Waals surface area contributed by atoms with Gasteiger partial charge in [-0.2, -0.15) is 0 Å². The molecule has 0 amide bonds. The zero-order chi connectivity index (χ0) is 13.8. The highest BCUT2D eigenvalue weighted by atomic mass is 35.5. The smallest absolute Gasteiger partial charge is 0.339 e. The molecule has 0 aliphatic carbocycles. The minimum atomic E-state index is -1.05.